The minimum atomic E-state index is -0.747. The number of carbonyl (C=O) groups excluding carboxylic acids is 2. The van der Waals surface area contributed by atoms with Crippen molar-refractivity contribution >= 4 is 23.4 Å². The van der Waals surface area contributed by atoms with Gasteiger partial charge in [-0.15, -0.1) is 0 Å². The van der Waals surface area contributed by atoms with Crippen molar-refractivity contribution in [1.29, 1.82) is 0 Å². The van der Waals surface area contributed by atoms with Gasteiger partial charge in [0.15, 0.2) is 11.5 Å². The average Bonchev–Trinajstić information content (AvgIpc) is 3.26. The number of ketones is 1. The van der Waals surface area contributed by atoms with Crippen LogP contribution in [0.15, 0.2) is 30.4 Å². The number of cyclic esters (lactones) is 1. The van der Waals surface area contributed by atoms with Crippen molar-refractivity contribution in [2.45, 2.75) is 32.3 Å². The van der Waals surface area contributed by atoms with E-state index in [9.17, 15) is 19.8 Å². The normalized spacial score (nSPS) is 26.4. The van der Waals surface area contributed by atoms with Gasteiger partial charge in [0.05, 0.1) is 6.10 Å². The fourth-order valence-electron chi connectivity index (χ4n) is 3.16. The molecule has 3 atom stereocenters. The zero-order chi connectivity index (χ0) is 18.1. The summed E-state index contributed by atoms with van der Waals surface area (Å²) >= 11 is 5.84. The minimum absolute atomic E-state index is 0.159. The molecule has 2 aliphatic rings. The second-order valence-corrected chi connectivity index (χ2v) is 6.97. The van der Waals surface area contributed by atoms with Gasteiger partial charge in [-0.1, -0.05) is 29.8 Å². The summed E-state index contributed by atoms with van der Waals surface area (Å²) in [5.74, 6) is -1.08. The second kappa shape index (κ2) is 6.92. The molecule has 0 bridgehead atoms. The van der Waals surface area contributed by atoms with Crippen molar-refractivity contribution in [2.24, 2.45) is 11.8 Å². The molecule has 1 aliphatic heterocycles. The number of halogens is 1. The van der Waals surface area contributed by atoms with Crippen LogP contribution in [-0.2, 0) is 16.0 Å². The predicted molar refractivity (Wildman–Crippen MR) is 92.9 cm³/mol. The van der Waals surface area contributed by atoms with Gasteiger partial charge in [-0.3, -0.25) is 4.79 Å². The first-order chi connectivity index (χ1) is 11.9. The molecule has 1 aliphatic carbocycles. The highest BCUT2D eigenvalue weighted by molar-refractivity contribution is 6.34. The molecular weight excluding hydrogens is 344 g/mol. The van der Waals surface area contributed by atoms with E-state index in [-0.39, 0.29) is 34.5 Å². The summed E-state index contributed by atoms with van der Waals surface area (Å²) in [4.78, 5) is 24.6. The van der Waals surface area contributed by atoms with E-state index >= 15 is 0 Å². The lowest BCUT2D eigenvalue weighted by atomic mass is 10.00. The van der Waals surface area contributed by atoms with Crippen LogP contribution in [0.25, 0.3) is 0 Å². The summed E-state index contributed by atoms with van der Waals surface area (Å²) in [6, 6.07) is 1.22. The highest BCUT2D eigenvalue weighted by Gasteiger charge is 2.36. The van der Waals surface area contributed by atoms with Crippen LogP contribution in [0.2, 0.25) is 5.02 Å². The van der Waals surface area contributed by atoms with Crippen molar-refractivity contribution in [1.82, 2.24) is 0 Å². The third-order valence-electron chi connectivity index (χ3n) is 4.54. The van der Waals surface area contributed by atoms with Crippen molar-refractivity contribution in [3.05, 3.63) is 46.5 Å². The summed E-state index contributed by atoms with van der Waals surface area (Å²) < 4.78 is 5.44. The molecule has 25 heavy (non-hydrogen) atoms. The summed E-state index contributed by atoms with van der Waals surface area (Å²) in [6.07, 6.45) is 8.24. The smallest absolute Gasteiger partial charge is 0.342 e. The Morgan fingerprint density at radius 3 is 2.72 bits per heavy atom. The molecule has 0 amide bonds. The quantitative estimate of drug-likeness (QED) is 0.689. The highest BCUT2D eigenvalue weighted by atomic mass is 35.5. The zero-order valence-corrected chi connectivity index (χ0v) is 14.5. The van der Waals surface area contributed by atoms with Crippen LogP contribution in [0, 0.1) is 11.8 Å². The Morgan fingerprint density at radius 1 is 1.20 bits per heavy atom. The molecule has 1 aromatic rings. The Balaban J connectivity index is 2.00. The molecule has 3 rings (SSSR count). The van der Waals surface area contributed by atoms with Gasteiger partial charge in [0, 0.05) is 6.42 Å². The fourth-order valence-corrected chi connectivity index (χ4v) is 3.31. The monoisotopic (exact) mass is 362 g/mol. The lowest BCUT2D eigenvalue weighted by Crippen LogP contribution is -2.18. The van der Waals surface area contributed by atoms with Crippen molar-refractivity contribution in [3.8, 4) is 11.5 Å². The topological polar surface area (TPSA) is 83.8 Å². The number of phenols is 2. The van der Waals surface area contributed by atoms with E-state index in [2.05, 4.69) is 6.08 Å². The van der Waals surface area contributed by atoms with Crippen LogP contribution >= 0.6 is 11.6 Å². The first-order valence-electron chi connectivity index (χ1n) is 8.18. The number of allylic oxidation sites excluding steroid dienone is 4. The molecule has 1 fully saturated rings. The van der Waals surface area contributed by atoms with Crippen LogP contribution in [0.5, 0.6) is 11.5 Å². The van der Waals surface area contributed by atoms with Crippen LogP contribution < -0.4 is 0 Å². The van der Waals surface area contributed by atoms with Gasteiger partial charge < -0.3 is 14.9 Å². The number of hydrogen-bond donors (Lipinski definition) is 2. The molecule has 0 radical (unpaired) electrons. The predicted octanol–water partition coefficient (Wildman–Crippen LogP) is 3.56. The van der Waals surface area contributed by atoms with E-state index in [1.54, 1.807) is 13.0 Å². The van der Waals surface area contributed by atoms with Gasteiger partial charge >= 0.3 is 5.97 Å². The van der Waals surface area contributed by atoms with Gasteiger partial charge in [0.2, 0.25) is 0 Å². The first-order valence-corrected chi connectivity index (χ1v) is 8.56. The van der Waals surface area contributed by atoms with Gasteiger partial charge in [-0.2, -0.15) is 0 Å². The van der Waals surface area contributed by atoms with Crippen LogP contribution in [0.3, 0.4) is 0 Å². The first kappa shape index (κ1) is 17.5. The van der Waals surface area contributed by atoms with Gasteiger partial charge in [-0.25, -0.2) is 4.79 Å². The molecule has 132 valence electrons. The minimum Gasteiger partial charge on any atom is -0.506 e. The molecule has 1 heterocycles. The van der Waals surface area contributed by atoms with Gasteiger partial charge in [0.1, 0.15) is 16.3 Å². The Hall–Kier alpha value is -2.27. The number of fused-ring (bicyclic) bond motifs is 2. The third-order valence-corrected chi connectivity index (χ3v) is 4.91. The number of hydrogen-bond acceptors (Lipinski definition) is 5. The van der Waals surface area contributed by atoms with Crippen molar-refractivity contribution < 1.29 is 24.5 Å². The molecule has 0 aromatic heterocycles. The lowest BCUT2D eigenvalue weighted by Gasteiger charge is -2.17. The zero-order valence-electron chi connectivity index (χ0n) is 13.7. The Morgan fingerprint density at radius 2 is 1.96 bits per heavy atom. The second-order valence-electron chi connectivity index (χ2n) is 6.59. The van der Waals surface area contributed by atoms with Gasteiger partial charge in [0.25, 0.3) is 0 Å². The number of ether oxygens (including phenoxy) is 1. The Labute approximate surface area is 150 Å². The summed E-state index contributed by atoms with van der Waals surface area (Å²) in [5, 5.41) is 19.7. The SMILES string of the molecule is C[C@@H]1C[C@H]2C[C@@H]2C=CC=CC(=O)Cc2cc(O)c(Cl)c(O)c2C(=O)O1. The number of rotatable bonds is 0. The number of esters is 1. The molecule has 0 spiro atoms. The summed E-state index contributed by atoms with van der Waals surface area (Å²) in [6.45, 7) is 1.80. The van der Waals surface area contributed by atoms with Crippen LogP contribution in [0.1, 0.15) is 35.7 Å². The summed E-state index contributed by atoms with van der Waals surface area (Å²) in [5.41, 5.74) is 0.00735. The highest BCUT2D eigenvalue weighted by Crippen LogP contribution is 2.44. The van der Waals surface area contributed by atoms with E-state index in [0.29, 0.717) is 11.8 Å². The number of phenolic OH excluding ortho intramolecular Hbond substituents is 2. The summed E-state index contributed by atoms with van der Waals surface area (Å²) in [7, 11) is 0. The fraction of sp³-hybridized carbons (Fsp3) is 0.368. The maximum atomic E-state index is 12.5. The molecule has 0 unspecified atom stereocenters. The maximum Gasteiger partial charge on any atom is 0.342 e. The maximum absolute atomic E-state index is 12.5. The molecule has 1 aromatic carbocycles. The molecule has 5 nitrogen and oxygen atoms in total. The van der Waals surface area contributed by atoms with E-state index in [1.165, 1.54) is 12.1 Å². The lowest BCUT2D eigenvalue weighted by molar-refractivity contribution is -0.114. The van der Waals surface area contributed by atoms with Crippen molar-refractivity contribution in [3.63, 3.8) is 0 Å². The third kappa shape index (κ3) is 3.87. The molecular formula is C19H19ClO5. The van der Waals surface area contributed by atoms with E-state index in [0.717, 1.165) is 12.8 Å². The largest absolute Gasteiger partial charge is 0.506 e. The number of benzene rings is 1. The van der Waals surface area contributed by atoms with Crippen LogP contribution in [-0.4, -0.2) is 28.1 Å². The molecule has 1 saturated carbocycles. The Bertz CT molecular complexity index is 781. The Kier molecular flexibility index (Phi) is 4.86. The molecule has 0 saturated heterocycles. The molecule has 6 heteroatoms. The van der Waals surface area contributed by atoms with Crippen LogP contribution in [0.4, 0.5) is 0 Å². The molecule has 2 N–H and O–H groups in total. The van der Waals surface area contributed by atoms with E-state index < -0.39 is 17.5 Å². The van der Waals surface area contributed by atoms with Gasteiger partial charge in [-0.05, 0) is 49.3 Å². The number of carbonyl (C=O) groups is 2. The van der Waals surface area contributed by atoms with E-state index in [4.69, 9.17) is 16.3 Å². The standard InChI is InChI=1S/C19H19ClO5/c1-10-6-12-7-11(12)4-2-3-5-14(21)8-13-9-15(22)17(20)18(23)16(13)19(24)25-10/h2-5,9-12,22-23H,6-8H2,1H3/t10-,11+,12+/m1/s1. The number of aromatic hydroxyl groups is 2. The van der Waals surface area contributed by atoms with E-state index in [1.807, 2.05) is 6.08 Å². The average molecular weight is 363 g/mol. The van der Waals surface area contributed by atoms with Crippen molar-refractivity contribution in [2.75, 3.05) is 0 Å².